The highest BCUT2D eigenvalue weighted by atomic mass is 32.2. The third kappa shape index (κ3) is 3.51. The molecular formula is C12H17N3OS. The Morgan fingerprint density at radius 1 is 1.29 bits per heavy atom. The maximum Gasteiger partial charge on any atom is 0.265 e. The maximum atomic E-state index is 11.8. The zero-order valence-corrected chi connectivity index (χ0v) is 11.0. The molecule has 0 atom stereocenters. The molecule has 92 valence electrons. The molecule has 17 heavy (non-hydrogen) atoms. The smallest absolute Gasteiger partial charge is 0.265 e. The van der Waals surface area contributed by atoms with Crippen LogP contribution in [-0.4, -0.2) is 5.91 Å². The fraction of sp³-hybridized carbons (Fsp3) is 0.250. The number of benzene rings is 1. The molecule has 5 N–H and O–H groups in total. The Morgan fingerprint density at radius 3 is 2.41 bits per heavy atom. The summed E-state index contributed by atoms with van der Waals surface area (Å²) < 4.78 is 0. The normalized spacial score (nSPS) is 12.0. The summed E-state index contributed by atoms with van der Waals surface area (Å²) in [6.45, 7) is 5.66. The van der Waals surface area contributed by atoms with E-state index in [1.54, 1.807) is 6.92 Å². The summed E-state index contributed by atoms with van der Waals surface area (Å²) in [4.78, 5) is 12.2. The predicted molar refractivity (Wildman–Crippen MR) is 73.2 cm³/mol. The van der Waals surface area contributed by atoms with Gasteiger partial charge in [0.2, 0.25) is 0 Å². The first-order valence-corrected chi connectivity index (χ1v) is 6.05. The molecule has 1 rings (SSSR count). The van der Waals surface area contributed by atoms with Crippen LogP contribution in [0.3, 0.4) is 0 Å². The van der Waals surface area contributed by atoms with Crippen molar-refractivity contribution in [3.8, 4) is 0 Å². The molecule has 0 spiro atoms. The molecule has 0 aromatic heterocycles. The summed E-state index contributed by atoms with van der Waals surface area (Å²) in [6.07, 6.45) is 0. The van der Waals surface area contributed by atoms with Gasteiger partial charge in [-0.2, -0.15) is 0 Å². The summed E-state index contributed by atoms with van der Waals surface area (Å²) in [6, 6.07) is 5.72. The Hall–Kier alpha value is -1.46. The lowest BCUT2D eigenvalue weighted by molar-refractivity contribution is -0.112. The van der Waals surface area contributed by atoms with E-state index >= 15 is 0 Å². The minimum Gasteiger partial charge on any atom is -0.401 e. The van der Waals surface area contributed by atoms with E-state index in [1.807, 2.05) is 32.0 Å². The van der Waals surface area contributed by atoms with Crippen molar-refractivity contribution in [1.29, 1.82) is 0 Å². The fourth-order valence-electron chi connectivity index (χ4n) is 1.33. The van der Waals surface area contributed by atoms with Crippen molar-refractivity contribution in [3.05, 3.63) is 39.9 Å². The number of anilines is 1. The lowest BCUT2D eigenvalue weighted by atomic mass is 10.1. The van der Waals surface area contributed by atoms with Crippen molar-refractivity contribution in [2.45, 2.75) is 20.8 Å². The average Bonchev–Trinajstić information content (AvgIpc) is 2.24. The highest BCUT2D eigenvalue weighted by molar-refractivity contribution is 8.01. The third-order valence-electron chi connectivity index (χ3n) is 2.45. The van der Waals surface area contributed by atoms with E-state index in [1.165, 1.54) is 5.56 Å². The van der Waals surface area contributed by atoms with Crippen LogP contribution < -0.4 is 16.2 Å². The Bertz CT molecular complexity index is 465. The van der Waals surface area contributed by atoms with Crippen molar-refractivity contribution in [2.75, 3.05) is 5.32 Å². The molecule has 5 heteroatoms. The van der Waals surface area contributed by atoms with Gasteiger partial charge in [-0.05, 0) is 56.0 Å². The minimum absolute atomic E-state index is 0.277. The number of hydrogen-bond acceptors (Lipinski definition) is 4. The molecule has 1 aromatic rings. The van der Waals surface area contributed by atoms with Crippen LogP contribution >= 0.6 is 11.9 Å². The van der Waals surface area contributed by atoms with Crippen LogP contribution in [0.15, 0.2) is 28.8 Å². The van der Waals surface area contributed by atoms with Gasteiger partial charge in [0.05, 0.1) is 0 Å². The Kier molecular flexibility index (Phi) is 4.60. The van der Waals surface area contributed by atoms with Crippen LogP contribution in [0.2, 0.25) is 0 Å². The number of carbonyl (C=O) groups is 1. The second kappa shape index (κ2) is 5.75. The van der Waals surface area contributed by atoms with Crippen LogP contribution in [-0.2, 0) is 4.79 Å². The van der Waals surface area contributed by atoms with Gasteiger partial charge in [0, 0.05) is 11.4 Å². The number of allylic oxidation sites excluding steroid dienone is 1. The van der Waals surface area contributed by atoms with E-state index in [4.69, 9.17) is 10.9 Å². The van der Waals surface area contributed by atoms with E-state index in [-0.39, 0.29) is 5.91 Å². The molecule has 0 fully saturated rings. The molecule has 0 aliphatic rings. The number of rotatable bonds is 3. The summed E-state index contributed by atoms with van der Waals surface area (Å²) in [7, 11) is 0. The van der Waals surface area contributed by atoms with Gasteiger partial charge in [-0.1, -0.05) is 6.07 Å². The minimum atomic E-state index is -0.277. The van der Waals surface area contributed by atoms with Crippen molar-refractivity contribution in [3.63, 3.8) is 0 Å². The molecule has 4 nitrogen and oxygen atoms in total. The molecule has 1 aromatic carbocycles. The summed E-state index contributed by atoms with van der Waals surface area (Å²) >= 11 is 0.855. The standard InChI is InChI=1S/C12H17N3OS/c1-7-4-5-10(6-8(7)2)15-12(16)11(17-14)9(3)13/h4-6H,13-14H2,1-3H3,(H,15,16)/b11-9-. The van der Waals surface area contributed by atoms with Gasteiger partial charge in [-0.3, -0.25) is 9.93 Å². The Morgan fingerprint density at radius 2 is 1.94 bits per heavy atom. The number of nitrogens with one attached hydrogen (secondary N) is 1. The number of hydrogen-bond donors (Lipinski definition) is 3. The molecule has 0 aliphatic heterocycles. The Balaban J connectivity index is 2.88. The first kappa shape index (κ1) is 13.6. The summed E-state index contributed by atoms with van der Waals surface area (Å²) in [5.74, 6) is -0.277. The highest BCUT2D eigenvalue weighted by Gasteiger charge is 2.11. The lowest BCUT2D eigenvalue weighted by Crippen LogP contribution is -2.17. The fourth-order valence-corrected chi connectivity index (χ4v) is 1.68. The van der Waals surface area contributed by atoms with Crippen molar-refractivity contribution in [2.24, 2.45) is 10.9 Å². The Labute approximate surface area is 106 Å². The van der Waals surface area contributed by atoms with E-state index < -0.39 is 0 Å². The van der Waals surface area contributed by atoms with Gasteiger partial charge in [-0.25, -0.2) is 0 Å². The van der Waals surface area contributed by atoms with Gasteiger partial charge in [0.25, 0.3) is 5.91 Å². The second-order valence-corrected chi connectivity index (χ2v) is 4.53. The van der Waals surface area contributed by atoms with Gasteiger partial charge < -0.3 is 11.1 Å². The molecule has 0 bridgehead atoms. The van der Waals surface area contributed by atoms with Gasteiger partial charge >= 0.3 is 0 Å². The van der Waals surface area contributed by atoms with Crippen LogP contribution in [0.25, 0.3) is 0 Å². The maximum absolute atomic E-state index is 11.8. The van der Waals surface area contributed by atoms with E-state index in [0.717, 1.165) is 23.2 Å². The number of amides is 1. The van der Waals surface area contributed by atoms with Gasteiger partial charge in [0.15, 0.2) is 0 Å². The summed E-state index contributed by atoms with van der Waals surface area (Å²) in [5.41, 5.74) is 9.04. The molecule has 0 heterocycles. The van der Waals surface area contributed by atoms with Crippen molar-refractivity contribution >= 4 is 23.5 Å². The van der Waals surface area contributed by atoms with Crippen LogP contribution in [0.1, 0.15) is 18.1 Å². The third-order valence-corrected chi connectivity index (χ3v) is 3.19. The van der Waals surface area contributed by atoms with E-state index in [9.17, 15) is 4.79 Å². The average molecular weight is 251 g/mol. The lowest BCUT2D eigenvalue weighted by Gasteiger charge is -2.09. The quantitative estimate of drug-likeness (QED) is 0.567. The molecule has 0 unspecified atom stereocenters. The SMILES string of the molecule is C/C(N)=C(/SN)C(=O)Nc1ccc(C)c(C)c1. The van der Waals surface area contributed by atoms with E-state index in [0.29, 0.717) is 10.6 Å². The number of nitrogens with two attached hydrogens (primary N) is 2. The molecule has 1 amide bonds. The molecule has 0 radical (unpaired) electrons. The van der Waals surface area contributed by atoms with Crippen LogP contribution in [0.4, 0.5) is 5.69 Å². The topological polar surface area (TPSA) is 81.1 Å². The monoisotopic (exact) mass is 251 g/mol. The predicted octanol–water partition coefficient (Wildman–Crippen LogP) is 2.04. The largest absolute Gasteiger partial charge is 0.401 e. The number of carbonyl (C=O) groups excluding carboxylic acids is 1. The highest BCUT2D eigenvalue weighted by Crippen LogP contribution is 2.17. The molecule has 0 saturated heterocycles. The molecule has 0 saturated carbocycles. The van der Waals surface area contributed by atoms with Gasteiger partial charge in [0.1, 0.15) is 4.91 Å². The van der Waals surface area contributed by atoms with Crippen LogP contribution in [0.5, 0.6) is 0 Å². The first-order valence-electron chi connectivity index (χ1n) is 5.17. The molecular weight excluding hydrogens is 234 g/mol. The number of aryl methyl sites for hydroxylation is 2. The van der Waals surface area contributed by atoms with Crippen molar-refractivity contribution in [1.82, 2.24) is 0 Å². The molecule has 0 aliphatic carbocycles. The first-order chi connectivity index (χ1) is 7.95. The van der Waals surface area contributed by atoms with E-state index in [2.05, 4.69) is 5.32 Å². The van der Waals surface area contributed by atoms with Gasteiger partial charge in [-0.15, -0.1) is 0 Å². The summed E-state index contributed by atoms with van der Waals surface area (Å²) in [5, 5.41) is 8.16. The second-order valence-electron chi connectivity index (χ2n) is 3.88. The zero-order valence-electron chi connectivity index (χ0n) is 10.2. The van der Waals surface area contributed by atoms with Crippen molar-refractivity contribution < 1.29 is 4.79 Å². The zero-order chi connectivity index (χ0) is 13.0. The van der Waals surface area contributed by atoms with Crippen LogP contribution in [0, 0.1) is 13.8 Å².